The summed E-state index contributed by atoms with van der Waals surface area (Å²) in [6.45, 7) is 9.02. The standard InChI is InChI=1S/C24H26N2O3S/c1-5-28-20-13-9-18(15-21(20)29-6-2)10-14-22(27)25-24-26-23(17(4)30-24)19-11-7-16(3)8-12-19/h7-15H,5-6H2,1-4H3,(H,25,26,27). The van der Waals surface area contributed by atoms with Crippen molar-refractivity contribution in [1.29, 1.82) is 0 Å². The van der Waals surface area contributed by atoms with Crippen LogP contribution in [0.2, 0.25) is 0 Å². The van der Waals surface area contributed by atoms with Gasteiger partial charge < -0.3 is 9.47 Å². The van der Waals surface area contributed by atoms with Gasteiger partial charge in [-0.25, -0.2) is 4.98 Å². The van der Waals surface area contributed by atoms with Crippen molar-refractivity contribution in [3.8, 4) is 22.8 Å². The van der Waals surface area contributed by atoms with Gasteiger partial charge in [-0.2, -0.15) is 0 Å². The number of hydrogen-bond acceptors (Lipinski definition) is 5. The van der Waals surface area contributed by atoms with E-state index in [9.17, 15) is 4.79 Å². The third-order valence-corrected chi connectivity index (χ3v) is 5.23. The molecule has 2 aromatic carbocycles. The van der Waals surface area contributed by atoms with E-state index in [2.05, 4.69) is 29.4 Å². The highest BCUT2D eigenvalue weighted by Crippen LogP contribution is 2.31. The van der Waals surface area contributed by atoms with Crippen LogP contribution in [0.15, 0.2) is 48.5 Å². The summed E-state index contributed by atoms with van der Waals surface area (Å²) in [5.74, 6) is 1.13. The Balaban J connectivity index is 1.70. The minimum atomic E-state index is -0.231. The van der Waals surface area contributed by atoms with Crippen molar-refractivity contribution < 1.29 is 14.3 Å². The highest BCUT2D eigenvalue weighted by Gasteiger charge is 2.11. The number of carbonyl (C=O) groups excluding carboxylic acids is 1. The van der Waals surface area contributed by atoms with Crippen LogP contribution in [0.4, 0.5) is 5.13 Å². The van der Waals surface area contributed by atoms with Crippen LogP contribution in [0.5, 0.6) is 11.5 Å². The number of ether oxygens (including phenoxy) is 2. The molecule has 0 atom stereocenters. The largest absolute Gasteiger partial charge is 0.490 e. The van der Waals surface area contributed by atoms with Gasteiger partial charge in [-0.15, -0.1) is 11.3 Å². The third-order valence-electron chi connectivity index (χ3n) is 4.35. The molecule has 6 heteroatoms. The smallest absolute Gasteiger partial charge is 0.250 e. The van der Waals surface area contributed by atoms with Gasteiger partial charge in [0.1, 0.15) is 0 Å². The number of nitrogens with one attached hydrogen (secondary N) is 1. The van der Waals surface area contributed by atoms with Gasteiger partial charge in [-0.3, -0.25) is 10.1 Å². The van der Waals surface area contributed by atoms with E-state index in [1.54, 1.807) is 6.08 Å². The fourth-order valence-corrected chi connectivity index (χ4v) is 3.76. The second-order valence-electron chi connectivity index (χ2n) is 6.68. The van der Waals surface area contributed by atoms with Gasteiger partial charge in [0.2, 0.25) is 5.91 Å². The molecule has 0 spiro atoms. The highest BCUT2D eigenvalue weighted by atomic mass is 32.1. The number of thiazole rings is 1. The number of amides is 1. The number of benzene rings is 2. The van der Waals surface area contributed by atoms with Crippen molar-refractivity contribution in [3.63, 3.8) is 0 Å². The molecular formula is C24H26N2O3S. The van der Waals surface area contributed by atoms with E-state index in [1.807, 2.05) is 51.1 Å². The van der Waals surface area contributed by atoms with Crippen LogP contribution in [-0.4, -0.2) is 24.1 Å². The fourth-order valence-electron chi connectivity index (χ4n) is 2.92. The Labute approximate surface area is 181 Å². The van der Waals surface area contributed by atoms with Crippen molar-refractivity contribution in [2.45, 2.75) is 27.7 Å². The molecule has 1 amide bonds. The molecule has 156 valence electrons. The average Bonchev–Trinajstić information content (AvgIpc) is 3.09. The van der Waals surface area contributed by atoms with E-state index in [0.29, 0.717) is 29.8 Å². The van der Waals surface area contributed by atoms with E-state index < -0.39 is 0 Å². The molecule has 1 heterocycles. The summed E-state index contributed by atoms with van der Waals surface area (Å²) in [7, 11) is 0. The van der Waals surface area contributed by atoms with Crippen LogP contribution in [0.1, 0.15) is 29.9 Å². The van der Waals surface area contributed by atoms with Gasteiger partial charge in [0.25, 0.3) is 0 Å². The van der Waals surface area contributed by atoms with E-state index in [4.69, 9.17) is 9.47 Å². The van der Waals surface area contributed by atoms with Crippen LogP contribution in [-0.2, 0) is 4.79 Å². The maximum atomic E-state index is 12.4. The Bertz CT molecular complexity index is 1040. The minimum absolute atomic E-state index is 0.231. The molecule has 0 aliphatic heterocycles. The number of hydrogen-bond donors (Lipinski definition) is 1. The normalized spacial score (nSPS) is 10.9. The molecule has 0 saturated heterocycles. The van der Waals surface area contributed by atoms with Crippen molar-refractivity contribution in [2.75, 3.05) is 18.5 Å². The topological polar surface area (TPSA) is 60.5 Å². The molecule has 0 saturated carbocycles. The summed E-state index contributed by atoms with van der Waals surface area (Å²) in [4.78, 5) is 18.0. The zero-order valence-electron chi connectivity index (χ0n) is 17.7. The van der Waals surface area contributed by atoms with Crippen LogP contribution in [0, 0.1) is 13.8 Å². The fraction of sp³-hybridized carbons (Fsp3) is 0.250. The lowest BCUT2D eigenvalue weighted by Gasteiger charge is -2.11. The van der Waals surface area contributed by atoms with Crippen LogP contribution < -0.4 is 14.8 Å². The molecule has 3 aromatic rings. The molecule has 30 heavy (non-hydrogen) atoms. The van der Waals surface area contributed by atoms with Crippen LogP contribution >= 0.6 is 11.3 Å². The molecule has 1 aromatic heterocycles. The van der Waals surface area contributed by atoms with Gasteiger partial charge in [-0.05, 0) is 51.5 Å². The van der Waals surface area contributed by atoms with Crippen molar-refractivity contribution in [3.05, 3.63) is 64.5 Å². The number of anilines is 1. The third kappa shape index (κ3) is 5.48. The zero-order chi connectivity index (χ0) is 21.5. The summed E-state index contributed by atoms with van der Waals surface area (Å²) in [6.07, 6.45) is 3.24. The monoisotopic (exact) mass is 422 g/mol. The molecule has 1 N–H and O–H groups in total. The summed E-state index contributed by atoms with van der Waals surface area (Å²) in [6, 6.07) is 13.8. The number of carbonyl (C=O) groups is 1. The Kier molecular flexibility index (Phi) is 7.25. The first kappa shape index (κ1) is 21.6. The summed E-state index contributed by atoms with van der Waals surface area (Å²) in [5, 5.41) is 3.43. The zero-order valence-corrected chi connectivity index (χ0v) is 18.5. The lowest BCUT2D eigenvalue weighted by atomic mass is 10.1. The summed E-state index contributed by atoms with van der Waals surface area (Å²) >= 11 is 1.47. The van der Waals surface area contributed by atoms with Crippen molar-refractivity contribution >= 4 is 28.5 Å². The lowest BCUT2D eigenvalue weighted by Crippen LogP contribution is -2.07. The molecule has 0 aliphatic rings. The van der Waals surface area contributed by atoms with Gasteiger partial charge >= 0.3 is 0 Å². The number of nitrogens with zero attached hydrogens (tertiary/aromatic N) is 1. The number of aromatic nitrogens is 1. The average molecular weight is 423 g/mol. The molecule has 0 radical (unpaired) electrons. The van der Waals surface area contributed by atoms with Crippen molar-refractivity contribution in [1.82, 2.24) is 4.98 Å². The van der Waals surface area contributed by atoms with E-state index in [1.165, 1.54) is 23.0 Å². The van der Waals surface area contributed by atoms with Gasteiger partial charge in [0, 0.05) is 16.5 Å². The van der Waals surface area contributed by atoms with E-state index in [-0.39, 0.29) is 5.91 Å². The molecule has 5 nitrogen and oxygen atoms in total. The lowest BCUT2D eigenvalue weighted by molar-refractivity contribution is -0.111. The Morgan fingerprint density at radius 3 is 2.43 bits per heavy atom. The first-order chi connectivity index (χ1) is 14.5. The molecule has 0 fully saturated rings. The SMILES string of the molecule is CCOc1ccc(C=CC(=O)Nc2nc(-c3ccc(C)cc3)c(C)s2)cc1OCC. The molecule has 0 unspecified atom stereocenters. The second kappa shape index (κ2) is 10.1. The van der Waals surface area contributed by atoms with Crippen molar-refractivity contribution in [2.24, 2.45) is 0 Å². The quantitative estimate of drug-likeness (QED) is 0.461. The van der Waals surface area contributed by atoms with E-state index >= 15 is 0 Å². The first-order valence-corrected chi connectivity index (χ1v) is 10.7. The van der Waals surface area contributed by atoms with Gasteiger partial charge in [0.05, 0.1) is 18.9 Å². The molecule has 3 rings (SSSR count). The summed E-state index contributed by atoms with van der Waals surface area (Å²) in [5.41, 5.74) is 4.00. The second-order valence-corrected chi connectivity index (χ2v) is 7.89. The van der Waals surface area contributed by atoms with Crippen LogP contribution in [0.3, 0.4) is 0 Å². The highest BCUT2D eigenvalue weighted by molar-refractivity contribution is 7.16. The predicted molar refractivity (Wildman–Crippen MR) is 123 cm³/mol. The molecule has 0 bridgehead atoms. The van der Waals surface area contributed by atoms with Gasteiger partial charge in [-0.1, -0.05) is 35.9 Å². The van der Waals surface area contributed by atoms with Gasteiger partial charge in [0.15, 0.2) is 16.6 Å². The Morgan fingerprint density at radius 1 is 1.03 bits per heavy atom. The van der Waals surface area contributed by atoms with E-state index in [0.717, 1.165) is 21.7 Å². The predicted octanol–water partition coefficient (Wildman–Crippen LogP) is 5.88. The molecular weight excluding hydrogens is 396 g/mol. The van der Waals surface area contributed by atoms with Crippen LogP contribution in [0.25, 0.3) is 17.3 Å². The minimum Gasteiger partial charge on any atom is -0.490 e. The number of aryl methyl sites for hydroxylation is 2. The summed E-state index contributed by atoms with van der Waals surface area (Å²) < 4.78 is 11.2. The molecule has 0 aliphatic carbocycles. The Hall–Kier alpha value is -3.12. The first-order valence-electron chi connectivity index (χ1n) is 9.93. The number of rotatable bonds is 8. The maximum absolute atomic E-state index is 12.4. The Morgan fingerprint density at radius 2 is 1.73 bits per heavy atom. The maximum Gasteiger partial charge on any atom is 0.250 e.